The van der Waals surface area contributed by atoms with Gasteiger partial charge in [-0.1, -0.05) is 68.4 Å². The average Bonchev–Trinajstić information content (AvgIpc) is 2.54. The lowest BCUT2D eigenvalue weighted by atomic mass is 9.97. The molecule has 0 saturated heterocycles. The fourth-order valence-electron chi connectivity index (χ4n) is 2.77. The Morgan fingerprint density at radius 2 is 1.68 bits per heavy atom. The first kappa shape index (κ1) is 14.6. The van der Waals surface area contributed by atoms with Gasteiger partial charge in [-0.2, -0.15) is 0 Å². The minimum atomic E-state index is 0.610. The molecule has 3 aromatic rings. The van der Waals surface area contributed by atoms with E-state index in [1.165, 1.54) is 21.9 Å². The van der Waals surface area contributed by atoms with Crippen LogP contribution in [0.1, 0.15) is 25.0 Å². The first-order valence-electron chi connectivity index (χ1n) is 7.91. The molecule has 1 nitrogen and oxygen atoms in total. The van der Waals surface area contributed by atoms with Crippen molar-refractivity contribution in [1.29, 1.82) is 0 Å². The van der Waals surface area contributed by atoms with Crippen LogP contribution < -0.4 is 4.74 Å². The molecular weight excluding hydrogens is 268 g/mol. The van der Waals surface area contributed by atoms with E-state index in [4.69, 9.17) is 4.74 Å². The van der Waals surface area contributed by atoms with Crippen molar-refractivity contribution in [3.8, 4) is 5.75 Å². The maximum Gasteiger partial charge on any atom is 0.120 e. The molecular formula is C21H22O. The minimum Gasteiger partial charge on any atom is -0.489 e. The highest BCUT2D eigenvalue weighted by atomic mass is 16.5. The molecule has 0 N–H and O–H groups in total. The normalized spacial score (nSPS) is 11.0. The Balaban J connectivity index is 1.85. The van der Waals surface area contributed by atoms with E-state index in [0.29, 0.717) is 12.5 Å². The predicted octanol–water partition coefficient (Wildman–Crippen LogP) is 5.62. The van der Waals surface area contributed by atoms with Crippen LogP contribution in [-0.2, 0) is 13.0 Å². The van der Waals surface area contributed by atoms with E-state index >= 15 is 0 Å². The fourth-order valence-corrected chi connectivity index (χ4v) is 2.77. The first-order valence-corrected chi connectivity index (χ1v) is 7.91. The molecule has 22 heavy (non-hydrogen) atoms. The highest BCUT2D eigenvalue weighted by Gasteiger charge is 2.05. The van der Waals surface area contributed by atoms with Crippen molar-refractivity contribution in [2.24, 2.45) is 5.92 Å². The van der Waals surface area contributed by atoms with E-state index in [1.807, 2.05) is 18.2 Å². The van der Waals surface area contributed by atoms with Gasteiger partial charge in [-0.05, 0) is 46.4 Å². The summed E-state index contributed by atoms with van der Waals surface area (Å²) in [5, 5.41) is 2.59. The maximum atomic E-state index is 5.96. The molecule has 0 radical (unpaired) electrons. The lowest BCUT2D eigenvalue weighted by molar-refractivity contribution is 0.306. The number of fused-ring (bicyclic) bond motifs is 1. The molecule has 0 atom stereocenters. The van der Waals surface area contributed by atoms with Gasteiger partial charge in [0.15, 0.2) is 0 Å². The number of ether oxygens (including phenoxy) is 1. The van der Waals surface area contributed by atoms with E-state index < -0.39 is 0 Å². The SMILES string of the molecule is CC(C)Cc1cccc2ccc(OCc3ccccc3)cc12. The molecule has 0 amide bonds. The molecule has 0 saturated carbocycles. The van der Waals surface area contributed by atoms with Crippen LogP contribution in [-0.4, -0.2) is 0 Å². The van der Waals surface area contributed by atoms with Crippen LogP contribution in [0.15, 0.2) is 66.7 Å². The van der Waals surface area contributed by atoms with Crippen LogP contribution in [0.5, 0.6) is 5.75 Å². The van der Waals surface area contributed by atoms with E-state index in [-0.39, 0.29) is 0 Å². The highest BCUT2D eigenvalue weighted by Crippen LogP contribution is 2.26. The van der Waals surface area contributed by atoms with Crippen LogP contribution >= 0.6 is 0 Å². The molecule has 0 aliphatic heterocycles. The molecule has 0 aliphatic rings. The Morgan fingerprint density at radius 3 is 2.45 bits per heavy atom. The average molecular weight is 290 g/mol. The number of benzene rings is 3. The summed E-state index contributed by atoms with van der Waals surface area (Å²) in [6.07, 6.45) is 1.10. The van der Waals surface area contributed by atoms with E-state index in [2.05, 4.69) is 62.4 Å². The summed E-state index contributed by atoms with van der Waals surface area (Å²) in [5.74, 6) is 1.59. The van der Waals surface area contributed by atoms with Gasteiger partial charge in [0.1, 0.15) is 12.4 Å². The van der Waals surface area contributed by atoms with Crippen molar-refractivity contribution in [3.05, 3.63) is 77.9 Å². The molecule has 0 heterocycles. The molecule has 3 rings (SSSR count). The van der Waals surface area contributed by atoms with E-state index in [9.17, 15) is 0 Å². The predicted molar refractivity (Wildman–Crippen MR) is 93.3 cm³/mol. The summed E-state index contributed by atoms with van der Waals surface area (Å²) in [7, 11) is 0. The van der Waals surface area contributed by atoms with Crippen LogP contribution in [0.25, 0.3) is 10.8 Å². The molecule has 0 bridgehead atoms. The maximum absolute atomic E-state index is 5.96. The molecule has 0 aliphatic carbocycles. The van der Waals surface area contributed by atoms with Gasteiger partial charge in [-0.25, -0.2) is 0 Å². The summed E-state index contributed by atoms with van der Waals surface area (Å²) in [6, 6.07) is 23.2. The van der Waals surface area contributed by atoms with Crippen LogP contribution in [0.3, 0.4) is 0 Å². The summed E-state index contributed by atoms with van der Waals surface area (Å²) >= 11 is 0. The Morgan fingerprint density at radius 1 is 0.864 bits per heavy atom. The first-order chi connectivity index (χ1) is 10.7. The standard InChI is InChI=1S/C21H22O/c1-16(2)13-19-10-6-9-18-11-12-20(14-21(18)19)22-15-17-7-4-3-5-8-17/h3-12,14,16H,13,15H2,1-2H3. The van der Waals surface area contributed by atoms with E-state index in [0.717, 1.165) is 12.2 Å². The van der Waals surface area contributed by atoms with E-state index in [1.54, 1.807) is 0 Å². The summed E-state index contributed by atoms with van der Waals surface area (Å²) in [5.41, 5.74) is 2.59. The summed E-state index contributed by atoms with van der Waals surface area (Å²) < 4.78 is 5.96. The zero-order valence-electron chi connectivity index (χ0n) is 13.3. The zero-order chi connectivity index (χ0) is 15.4. The third-order valence-corrected chi connectivity index (χ3v) is 3.82. The highest BCUT2D eigenvalue weighted by molar-refractivity contribution is 5.87. The monoisotopic (exact) mass is 290 g/mol. The lowest BCUT2D eigenvalue weighted by Crippen LogP contribution is -1.97. The molecule has 0 spiro atoms. The smallest absolute Gasteiger partial charge is 0.120 e. The quantitative estimate of drug-likeness (QED) is 0.593. The van der Waals surface area contributed by atoms with Crippen molar-refractivity contribution in [2.75, 3.05) is 0 Å². The van der Waals surface area contributed by atoms with Gasteiger partial charge in [0.25, 0.3) is 0 Å². The van der Waals surface area contributed by atoms with Crippen molar-refractivity contribution in [2.45, 2.75) is 26.9 Å². The van der Waals surface area contributed by atoms with Gasteiger partial charge < -0.3 is 4.74 Å². The second kappa shape index (κ2) is 6.65. The van der Waals surface area contributed by atoms with Crippen LogP contribution in [0, 0.1) is 5.92 Å². The van der Waals surface area contributed by atoms with Crippen LogP contribution in [0.2, 0.25) is 0 Å². The Kier molecular flexibility index (Phi) is 4.43. The van der Waals surface area contributed by atoms with Crippen molar-refractivity contribution < 1.29 is 4.74 Å². The summed E-state index contributed by atoms with van der Waals surface area (Å²) in [4.78, 5) is 0. The number of hydrogen-bond donors (Lipinski definition) is 0. The molecule has 3 aromatic carbocycles. The van der Waals surface area contributed by atoms with Crippen molar-refractivity contribution >= 4 is 10.8 Å². The summed E-state index contributed by atoms with van der Waals surface area (Å²) in [6.45, 7) is 5.13. The third kappa shape index (κ3) is 3.48. The van der Waals surface area contributed by atoms with Gasteiger partial charge in [0.2, 0.25) is 0 Å². The van der Waals surface area contributed by atoms with Crippen LogP contribution in [0.4, 0.5) is 0 Å². The van der Waals surface area contributed by atoms with Gasteiger partial charge in [0.05, 0.1) is 0 Å². The molecule has 112 valence electrons. The zero-order valence-corrected chi connectivity index (χ0v) is 13.3. The minimum absolute atomic E-state index is 0.610. The second-order valence-electron chi connectivity index (χ2n) is 6.17. The van der Waals surface area contributed by atoms with Gasteiger partial charge >= 0.3 is 0 Å². The lowest BCUT2D eigenvalue weighted by Gasteiger charge is -2.11. The Labute approximate surface area is 132 Å². The molecule has 0 unspecified atom stereocenters. The van der Waals surface area contributed by atoms with Crippen molar-refractivity contribution in [3.63, 3.8) is 0 Å². The topological polar surface area (TPSA) is 9.23 Å². The molecule has 0 aromatic heterocycles. The fraction of sp³-hybridized carbons (Fsp3) is 0.238. The molecule has 0 fully saturated rings. The van der Waals surface area contributed by atoms with Gasteiger partial charge in [-0.3, -0.25) is 0 Å². The van der Waals surface area contributed by atoms with Gasteiger partial charge in [0, 0.05) is 0 Å². The van der Waals surface area contributed by atoms with Gasteiger partial charge in [-0.15, -0.1) is 0 Å². The largest absolute Gasteiger partial charge is 0.489 e. The molecule has 1 heteroatoms. The number of hydrogen-bond acceptors (Lipinski definition) is 1. The Hall–Kier alpha value is -2.28. The van der Waals surface area contributed by atoms with Crippen molar-refractivity contribution in [1.82, 2.24) is 0 Å². The second-order valence-corrected chi connectivity index (χ2v) is 6.17. The number of rotatable bonds is 5. The third-order valence-electron chi connectivity index (χ3n) is 3.82. The Bertz CT molecular complexity index is 744.